The van der Waals surface area contributed by atoms with E-state index in [1.807, 2.05) is 30.3 Å². The maximum Gasteiger partial charge on any atom is 0.304 e. The van der Waals surface area contributed by atoms with Gasteiger partial charge < -0.3 is 5.11 Å². The summed E-state index contributed by atoms with van der Waals surface area (Å²) in [5.74, 6) is -1.09. The summed E-state index contributed by atoms with van der Waals surface area (Å²) < 4.78 is 0. The first kappa shape index (κ1) is 11.3. The Hall–Kier alpha value is -2.23. The zero-order valence-electron chi connectivity index (χ0n) is 9.15. The molecule has 1 aromatic carbocycles. The van der Waals surface area contributed by atoms with E-state index in [1.54, 1.807) is 18.3 Å². The second-order valence-electron chi connectivity index (χ2n) is 3.71. The van der Waals surface area contributed by atoms with Gasteiger partial charge in [-0.3, -0.25) is 4.79 Å². The highest BCUT2D eigenvalue weighted by molar-refractivity contribution is 5.68. The Kier molecular flexibility index (Phi) is 3.45. The van der Waals surface area contributed by atoms with Crippen molar-refractivity contribution in [1.29, 1.82) is 0 Å². The lowest BCUT2D eigenvalue weighted by molar-refractivity contribution is -0.137. The molecule has 0 aliphatic carbocycles. The lowest BCUT2D eigenvalue weighted by atomic mass is 9.92. The van der Waals surface area contributed by atoms with Crippen LogP contribution in [0.5, 0.6) is 0 Å². The third-order valence-corrected chi connectivity index (χ3v) is 2.53. The number of hydrogen-bond acceptors (Lipinski definition) is 3. The van der Waals surface area contributed by atoms with Crippen molar-refractivity contribution in [3.05, 3.63) is 59.9 Å². The third kappa shape index (κ3) is 2.87. The van der Waals surface area contributed by atoms with Gasteiger partial charge in [-0.2, -0.15) is 10.2 Å². The topological polar surface area (TPSA) is 63.1 Å². The largest absolute Gasteiger partial charge is 0.481 e. The van der Waals surface area contributed by atoms with Crippen LogP contribution < -0.4 is 0 Å². The SMILES string of the molecule is O=C(O)CC(c1ccccc1)c1cccnn1. The molecule has 2 rings (SSSR count). The van der Waals surface area contributed by atoms with Crippen LogP contribution in [0.25, 0.3) is 0 Å². The maximum atomic E-state index is 10.9. The van der Waals surface area contributed by atoms with Gasteiger partial charge in [0.15, 0.2) is 0 Å². The molecule has 0 saturated carbocycles. The van der Waals surface area contributed by atoms with Crippen LogP contribution in [0, 0.1) is 0 Å². The minimum atomic E-state index is -0.843. The molecule has 4 heteroatoms. The molecule has 86 valence electrons. The average Bonchev–Trinajstić information content (AvgIpc) is 2.38. The lowest BCUT2D eigenvalue weighted by Gasteiger charge is -2.13. The second kappa shape index (κ2) is 5.21. The summed E-state index contributed by atoms with van der Waals surface area (Å²) in [6.45, 7) is 0. The lowest BCUT2D eigenvalue weighted by Crippen LogP contribution is -2.09. The van der Waals surface area contributed by atoms with E-state index in [9.17, 15) is 4.79 Å². The van der Waals surface area contributed by atoms with Gasteiger partial charge in [0.2, 0.25) is 0 Å². The molecule has 0 aliphatic heterocycles. The summed E-state index contributed by atoms with van der Waals surface area (Å²) in [7, 11) is 0. The number of carbonyl (C=O) groups is 1. The second-order valence-corrected chi connectivity index (χ2v) is 3.71. The van der Waals surface area contributed by atoms with E-state index in [0.29, 0.717) is 5.69 Å². The zero-order chi connectivity index (χ0) is 12.1. The van der Waals surface area contributed by atoms with E-state index < -0.39 is 5.97 Å². The number of aromatic nitrogens is 2. The first-order valence-electron chi connectivity index (χ1n) is 5.31. The number of hydrogen-bond donors (Lipinski definition) is 1. The smallest absolute Gasteiger partial charge is 0.304 e. The molecule has 0 aliphatic rings. The Bertz CT molecular complexity index is 446. The van der Waals surface area contributed by atoms with Crippen LogP contribution in [0.2, 0.25) is 0 Å². The summed E-state index contributed by atoms with van der Waals surface area (Å²) >= 11 is 0. The van der Waals surface area contributed by atoms with Gasteiger partial charge in [-0.15, -0.1) is 0 Å². The van der Waals surface area contributed by atoms with Gasteiger partial charge in [-0.1, -0.05) is 30.3 Å². The van der Waals surface area contributed by atoms with Gasteiger partial charge >= 0.3 is 5.97 Å². The fraction of sp³-hybridized carbons (Fsp3) is 0.154. The predicted molar refractivity (Wildman–Crippen MR) is 62.6 cm³/mol. The molecule has 0 saturated heterocycles. The Balaban J connectivity index is 2.36. The first-order valence-corrected chi connectivity index (χ1v) is 5.31. The minimum absolute atomic E-state index is 0.0166. The Morgan fingerprint density at radius 1 is 1.18 bits per heavy atom. The van der Waals surface area contributed by atoms with E-state index >= 15 is 0 Å². The van der Waals surface area contributed by atoms with Crippen LogP contribution in [0.3, 0.4) is 0 Å². The van der Waals surface area contributed by atoms with Crippen LogP contribution >= 0.6 is 0 Å². The molecule has 1 unspecified atom stereocenters. The quantitative estimate of drug-likeness (QED) is 0.870. The molecule has 1 N–H and O–H groups in total. The molecule has 0 bridgehead atoms. The van der Waals surface area contributed by atoms with Crippen molar-refractivity contribution in [1.82, 2.24) is 10.2 Å². The molecule has 0 amide bonds. The van der Waals surface area contributed by atoms with Gasteiger partial charge in [0.25, 0.3) is 0 Å². The van der Waals surface area contributed by atoms with Gasteiger partial charge in [-0.25, -0.2) is 0 Å². The maximum absolute atomic E-state index is 10.9. The number of rotatable bonds is 4. The first-order chi connectivity index (χ1) is 8.27. The number of carboxylic acids is 1. The van der Waals surface area contributed by atoms with Crippen molar-refractivity contribution in [2.24, 2.45) is 0 Å². The summed E-state index contributed by atoms with van der Waals surface area (Å²) in [5, 5.41) is 16.7. The zero-order valence-corrected chi connectivity index (χ0v) is 9.15. The summed E-state index contributed by atoms with van der Waals surface area (Å²) in [6, 6.07) is 13.1. The summed E-state index contributed by atoms with van der Waals surface area (Å²) in [4.78, 5) is 10.9. The van der Waals surface area contributed by atoms with Gasteiger partial charge in [0.1, 0.15) is 0 Å². The van der Waals surface area contributed by atoms with Gasteiger partial charge in [0, 0.05) is 12.1 Å². The highest BCUT2D eigenvalue weighted by Crippen LogP contribution is 2.25. The van der Waals surface area contributed by atoms with Crippen LogP contribution in [0.1, 0.15) is 23.6 Å². The molecule has 2 aromatic rings. The third-order valence-electron chi connectivity index (χ3n) is 2.53. The molecular formula is C13H12N2O2. The highest BCUT2D eigenvalue weighted by Gasteiger charge is 2.18. The fourth-order valence-electron chi connectivity index (χ4n) is 1.75. The fourth-order valence-corrected chi connectivity index (χ4v) is 1.75. The Labute approximate surface area is 98.9 Å². The highest BCUT2D eigenvalue weighted by atomic mass is 16.4. The van der Waals surface area contributed by atoms with Crippen molar-refractivity contribution in [3.63, 3.8) is 0 Å². The number of nitrogens with zero attached hydrogens (tertiary/aromatic N) is 2. The van der Waals surface area contributed by atoms with Gasteiger partial charge in [-0.05, 0) is 17.7 Å². The van der Waals surface area contributed by atoms with E-state index in [1.165, 1.54) is 0 Å². The van der Waals surface area contributed by atoms with Crippen LogP contribution in [-0.2, 0) is 4.79 Å². The molecule has 0 fully saturated rings. The molecule has 0 radical (unpaired) electrons. The van der Waals surface area contributed by atoms with Crippen LogP contribution in [0.15, 0.2) is 48.7 Å². The molecule has 4 nitrogen and oxygen atoms in total. The molecular weight excluding hydrogens is 216 g/mol. The van der Waals surface area contributed by atoms with Crippen LogP contribution in [-0.4, -0.2) is 21.3 Å². The van der Waals surface area contributed by atoms with Gasteiger partial charge in [0.05, 0.1) is 12.1 Å². The van der Waals surface area contributed by atoms with Crippen molar-refractivity contribution in [3.8, 4) is 0 Å². The summed E-state index contributed by atoms with van der Waals surface area (Å²) in [5.41, 5.74) is 1.62. The molecule has 1 heterocycles. The molecule has 1 atom stereocenters. The summed E-state index contributed by atoms with van der Waals surface area (Å²) in [6.07, 6.45) is 1.59. The molecule has 17 heavy (non-hydrogen) atoms. The minimum Gasteiger partial charge on any atom is -0.481 e. The van der Waals surface area contributed by atoms with E-state index in [4.69, 9.17) is 5.11 Å². The average molecular weight is 228 g/mol. The predicted octanol–water partition coefficient (Wildman–Crippen LogP) is 2.08. The Morgan fingerprint density at radius 2 is 1.94 bits per heavy atom. The van der Waals surface area contributed by atoms with Crippen molar-refractivity contribution >= 4 is 5.97 Å². The standard InChI is InChI=1S/C13H12N2O2/c16-13(17)9-11(10-5-2-1-3-6-10)12-7-4-8-14-15-12/h1-8,11H,9H2,(H,16,17). The number of aliphatic carboxylic acids is 1. The van der Waals surface area contributed by atoms with E-state index in [0.717, 1.165) is 5.56 Å². The van der Waals surface area contributed by atoms with Crippen molar-refractivity contribution in [2.45, 2.75) is 12.3 Å². The normalized spacial score (nSPS) is 12.0. The van der Waals surface area contributed by atoms with Crippen molar-refractivity contribution < 1.29 is 9.90 Å². The molecule has 1 aromatic heterocycles. The monoisotopic (exact) mass is 228 g/mol. The number of carboxylic acid groups (broad SMARTS) is 1. The van der Waals surface area contributed by atoms with Crippen molar-refractivity contribution in [2.75, 3.05) is 0 Å². The van der Waals surface area contributed by atoms with Crippen LogP contribution in [0.4, 0.5) is 0 Å². The van der Waals surface area contributed by atoms with E-state index in [-0.39, 0.29) is 12.3 Å². The molecule has 0 spiro atoms. The number of benzene rings is 1. The van der Waals surface area contributed by atoms with E-state index in [2.05, 4.69) is 10.2 Å². The Morgan fingerprint density at radius 3 is 2.53 bits per heavy atom.